The summed E-state index contributed by atoms with van der Waals surface area (Å²) in [5.74, 6) is 0. The van der Waals surface area contributed by atoms with Gasteiger partial charge in [0, 0.05) is 0 Å². The van der Waals surface area contributed by atoms with Gasteiger partial charge in [-0.3, -0.25) is 0 Å². The van der Waals surface area contributed by atoms with Crippen LogP contribution in [0.3, 0.4) is 0 Å². The fourth-order valence-corrected chi connectivity index (χ4v) is 9.68. The molecule has 0 radical (unpaired) electrons. The molecule has 0 saturated heterocycles. The fraction of sp³-hybridized carbons (Fsp3) is 0.308. The van der Waals surface area contributed by atoms with Crippen molar-refractivity contribution >= 4 is 23.2 Å². The highest BCUT2D eigenvalue weighted by Gasteiger charge is 2.51. The Hall–Kier alpha value is -1.91. The van der Waals surface area contributed by atoms with Crippen LogP contribution in [0.1, 0.15) is 46.0 Å². The molecule has 0 fully saturated rings. The molecule has 1 unspecified atom stereocenters. The lowest BCUT2D eigenvalue weighted by Gasteiger charge is -2.35. The van der Waals surface area contributed by atoms with Gasteiger partial charge >= 0.3 is 0 Å². The Morgan fingerprint density at radius 3 is 1.30 bits per heavy atom. The summed E-state index contributed by atoms with van der Waals surface area (Å²) in [6, 6.07) is 34.0. The Balaban J connectivity index is 2.31. The SMILES string of the molecule is CCCCC(CCC)[P+](c1ccccc1)(c1ccccc1)c1ccccc1. The Morgan fingerprint density at radius 2 is 0.963 bits per heavy atom. The first kappa shape index (κ1) is 19.8. The molecule has 140 valence electrons. The first-order chi connectivity index (χ1) is 13.3. The van der Waals surface area contributed by atoms with Crippen LogP contribution in [0.25, 0.3) is 0 Å². The fourth-order valence-electron chi connectivity index (χ4n) is 4.37. The monoisotopic (exact) mass is 375 g/mol. The molecule has 0 amide bonds. The molecule has 0 aromatic heterocycles. The smallest absolute Gasteiger partial charge is 0.0654 e. The molecule has 1 heteroatoms. The third kappa shape index (κ3) is 4.17. The summed E-state index contributed by atoms with van der Waals surface area (Å²) in [6.45, 7) is 4.66. The summed E-state index contributed by atoms with van der Waals surface area (Å²) in [5, 5.41) is 4.57. The van der Waals surface area contributed by atoms with Crippen molar-refractivity contribution in [3.8, 4) is 0 Å². The molecule has 1 atom stereocenters. The van der Waals surface area contributed by atoms with Crippen molar-refractivity contribution in [3.05, 3.63) is 91.0 Å². The van der Waals surface area contributed by atoms with Crippen molar-refractivity contribution in [2.45, 2.75) is 51.6 Å². The molecule has 3 rings (SSSR count). The van der Waals surface area contributed by atoms with Gasteiger partial charge in [0.15, 0.2) is 0 Å². The van der Waals surface area contributed by atoms with Crippen molar-refractivity contribution in [1.29, 1.82) is 0 Å². The largest absolute Gasteiger partial charge is 0.115 e. The van der Waals surface area contributed by atoms with E-state index in [2.05, 4.69) is 105 Å². The molecule has 0 aliphatic heterocycles. The lowest BCUT2D eigenvalue weighted by atomic mass is 10.1. The zero-order valence-electron chi connectivity index (χ0n) is 16.7. The summed E-state index contributed by atoms with van der Waals surface area (Å²) < 4.78 is 0. The molecule has 0 heterocycles. The van der Waals surface area contributed by atoms with Crippen LogP contribution in [0, 0.1) is 0 Å². The van der Waals surface area contributed by atoms with Crippen molar-refractivity contribution in [2.24, 2.45) is 0 Å². The van der Waals surface area contributed by atoms with Crippen LogP contribution in [0.4, 0.5) is 0 Å². The first-order valence-corrected chi connectivity index (χ1v) is 12.2. The molecule has 27 heavy (non-hydrogen) atoms. The molecule has 0 nitrogen and oxygen atoms in total. The lowest BCUT2D eigenvalue weighted by molar-refractivity contribution is 0.632. The van der Waals surface area contributed by atoms with Crippen LogP contribution in [0.5, 0.6) is 0 Å². The normalized spacial score (nSPS) is 12.7. The molecule has 3 aromatic carbocycles. The second kappa shape index (κ2) is 9.86. The Labute approximate surface area is 166 Å². The average Bonchev–Trinajstić information content (AvgIpc) is 2.75. The first-order valence-electron chi connectivity index (χ1n) is 10.4. The Kier molecular flexibility index (Phi) is 7.25. The van der Waals surface area contributed by atoms with Crippen molar-refractivity contribution in [3.63, 3.8) is 0 Å². The van der Waals surface area contributed by atoms with Crippen LogP contribution in [-0.2, 0) is 0 Å². The average molecular weight is 376 g/mol. The second-order valence-corrected chi connectivity index (χ2v) is 11.0. The maximum atomic E-state index is 2.38. The number of unbranched alkanes of at least 4 members (excludes halogenated alkanes) is 1. The van der Waals surface area contributed by atoms with Gasteiger partial charge in [0.25, 0.3) is 0 Å². The maximum Gasteiger partial charge on any atom is 0.115 e. The van der Waals surface area contributed by atoms with E-state index in [1.54, 1.807) is 0 Å². The van der Waals surface area contributed by atoms with Crippen molar-refractivity contribution in [1.82, 2.24) is 0 Å². The number of rotatable bonds is 9. The Morgan fingerprint density at radius 1 is 0.556 bits per heavy atom. The van der Waals surface area contributed by atoms with E-state index in [1.807, 2.05) is 0 Å². The second-order valence-electron chi connectivity index (χ2n) is 7.31. The predicted molar refractivity (Wildman–Crippen MR) is 123 cm³/mol. The van der Waals surface area contributed by atoms with Gasteiger partial charge in [-0.05, 0) is 55.7 Å². The summed E-state index contributed by atoms with van der Waals surface area (Å²) in [4.78, 5) is 0. The molecule has 0 N–H and O–H groups in total. The molecule has 0 aliphatic carbocycles. The van der Waals surface area contributed by atoms with Gasteiger partial charge in [0.05, 0.1) is 5.66 Å². The minimum absolute atomic E-state index is 0.689. The van der Waals surface area contributed by atoms with Gasteiger partial charge in [0.2, 0.25) is 0 Å². The minimum Gasteiger partial charge on any atom is -0.0654 e. The zero-order chi connectivity index (χ0) is 19.0. The number of hydrogen-bond donors (Lipinski definition) is 0. The third-order valence-electron chi connectivity index (χ3n) is 5.55. The van der Waals surface area contributed by atoms with Gasteiger partial charge in [-0.2, -0.15) is 0 Å². The zero-order valence-corrected chi connectivity index (χ0v) is 17.6. The van der Waals surface area contributed by atoms with Gasteiger partial charge in [-0.15, -0.1) is 0 Å². The van der Waals surface area contributed by atoms with E-state index in [4.69, 9.17) is 0 Å². The van der Waals surface area contributed by atoms with Crippen LogP contribution in [-0.4, -0.2) is 5.66 Å². The topological polar surface area (TPSA) is 0 Å². The number of benzene rings is 3. The van der Waals surface area contributed by atoms with Crippen LogP contribution in [0.15, 0.2) is 91.0 Å². The van der Waals surface area contributed by atoms with Crippen LogP contribution >= 0.6 is 7.26 Å². The van der Waals surface area contributed by atoms with Gasteiger partial charge in [0.1, 0.15) is 23.2 Å². The van der Waals surface area contributed by atoms with E-state index in [1.165, 1.54) is 48.0 Å². The van der Waals surface area contributed by atoms with Crippen LogP contribution in [0.2, 0.25) is 0 Å². The summed E-state index contributed by atoms with van der Waals surface area (Å²) in [6.07, 6.45) is 6.39. The highest BCUT2D eigenvalue weighted by molar-refractivity contribution is 7.96. The van der Waals surface area contributed by atoms with Crippen LogP contribution < -0.4 is 15.9 Å². The van der Waals surface area contributed by atoms with E-state index in [-0.39, 0.29) is 0 Å². The highest BCUT2D eigenvalue weighted by atomic mass is 31.2. The van der Waals surface area contributed by atoms with E-state index >= 15 is 0 Å². The van der Waals surface area contributed by atoms with Crippen molar-refractivity contribution < 1.29 is 0 Å². The van der Waals surface area contributed by atoms with Gasteiger partial charge in [-0.25, -0.2) is 0 Å². The van der Waals surface area contributed by atoms with E-state index < -0.39 is 7.26 Å². The quantitative estimate of drug-likeness (QED) is 0.383. The molecule has 0 aliphatic rings. The summed E-state index contributed by atoms with van der Waals surface area (Å²) >= 11 is 0. The lowest BCUT2D eigenvalue weighted by Crippen LogP contribution is -2.38. The summed E-state index contributed by atoms with van der Waals surface area (Å²) in [5.41, 5.74) is 0.689. The maximum absolute atomic E-state index is 2.38. The molecule has 3 aromatic rings. The molecular formula is C26H32P+. The van der Waals surface area contributed by atoms with E-state index in [0.29, 0.717) is 5.66 Å². The molecule has 0 spiro atoms. The van der Waals surface area contributed by atoms with Gasteiger partial charge < -0.3 is 0 Å². The summed E-state index contributed by atoms with van der Waals surface area (Å²) in [7, 11) is -1.71. The van der Waals surface area contributed by atoms with Crippen molar-refractivity contribution in [2.75, 3.05) is 0 Å². The molecular weight excluding hydrogens is 343 g/mol. The number of hydrogen-bond acceptors (Lipinski definition) is 0. The standard InChI is InChI=1S/C26H32P/c1-3-5-16-23(15-4-2)27(24-17-9-6-10-18-24,25-19-11-7-12-20-25)26-21-13-8-14-22-26/h6-14,17-23H,3-5,15-16H2,1-2H3/q+1. The molecule has 0 bridgehead atoms. The van der Waals surface area contributed by atoms with E-state index in [9.17, 15) is 0 Å². The third-order valence-corrected chi connectivity index (χ3v) is 10.5. The highest BCUT2D eigenvalue weighted by Crippen LogP contribution is 2.62. The minimum atomic E-state index is -1.71. The van der Waals surface area contributed by atoms with E-state index in [0.717, 1.165) is 0 Å². The Bertz CT molecular complexity index is 684. The van der Waals surface area contributed by atoms with Gasteiger partial charge in [-0.1, -0.05) is 81.3 Å². The predicted octanol–water partition coefficient (Wildman–Crippen LogP) is 6.34. The molecule has 0 saturated carbocycles.